The summed E-state index contributed by atoms with van der Waals surface area (Å²) >= 11 is 0. The van der Waals surface area contributed by atoms with Crippen molar-refractivity contribution in [1.29, 1.82) is 0 Å². The third-order valence-corrected chi connectivity index (χ3v) is 6.89. The first-order valence-corrected chi connectivity index (χ1v) is 11.9. The molecule has 2 aliphatic carbocycles. The van der Waals surface area contributed by atoms with Crippen LogP contribution in [-0.2, 0) is 23.2 Å². The molecule has 2 fully saturated rings. The van der Waals surface area contributed by atoms with Gasteiger partial charge in [-0.2, -0.15) is 5.10 Å². The van der Waals surface area contributed by atoms with Crippen LogP contribution in [0.4, 0.5) is 4.79 Å². The van der Waals surface area contributed by atoms with Crippen LogP contribution in [0.1, 0.15) is 56.3 Å². The number of hydrogen-bond donors (Lipinski definition) is 1. The Kier molecular flexibility index (Phi) is 7.33. The first-order chi connectivity index (χ1) is 16.3. The molecule has 2 aromatic rings. The number of rotatable bonds is 8. The lowest BCUT2D eigenvalue weighted by atomic mass is 9.85. The van der Waals surface area contributed by atoms with Gasteiger partial charge in [0, 0.05) is 26.2 Å². The van der Waals surface area contributed by atoms with Gasteiger partial charge in [0.15, 0.2) is 0 Å². The lowest BCUT2D eigenvalue weighted by Crippen LogP contribution is -2.34. The highest BCUT2D eigenvalue weighted by Crippen LogP contribution is 2.30. The first kappa shape index (κ1) is 24.0. The van der Waals surface area contributed by atoms with Gasteiger partial charge in [0.25, 0.3) is 0 Å². The van der Waals surface area contributed by atoms with Crippen LogP contribution < -0.4 is 4.74 Å². The average Bonchev–Trinajstić information content (AvgIpc) is 3.16. The van der Waals surface area contributed by atoms with Gasteiger partial charge in [0.2, 0.25) is 5.88 Å². The minimum Gasteiger partial charge on any atom is -0.481 e. The Morgan fingerprint density at radius 2 is 1.97 bits per heavy atom. The van der Waals surface area contributed by atoms with Crippen LogP contribution >= 0.6 is 0 Å². The number of amides is 1. The van der Waals surface area contributed by atoms with Crippen LogP contribution in [0.15, 0.2) is 12.4 Å². The van der Waals surface area contributed by atoms with Crippen molar-refractivity contribution in [2.75, 3.05) is 13.6 Å². The summed E-state index contributed by atoms with van der Waals surface area (Å²) in [5, 5.41) is 13.6. The molecule has 4 rings (SSSR count). The van der Waals surface area contributed by atoms with Crippen LogP contribution in [0.25, 0.3) is 11.3 Å². The Bertz CT molecular complexity index is 1030. The fraction of sp³-hybridized carbons (Fsp3) is 0.625. The van der Waals surface area contributed by atoms with Gasteiger partial charge in [-0.1, -0.05) is 6.42 Å². The van der Waals surface area contributed by atoms with Crippen molar-refractivity contribution in [2.24, 2.45) is 18.9 Å². The SMILES string of the molecule is Cc1nc(-c2cnn(C)c2COC(=O)N(C)CC2CCC2)cnc1O[C@H]1CCCC(C(=O)O)C1. The number of nitrogens with zero attached hydrogens (tertiary/aromatic N) is 5. The number of carboxylic acid groups (broad SMARTS) is 1. The second-order valence-corrected chi connectivity index (χ2v) is 9.45. The Balaban J connectivity index is 1.41. The van der Waals surface area contributed by atoms with Crippen molar-refractivity contribution in [1.82, 2.24) is 24.6 Å². The summed E-state index contributed by atoms with van der Waals surface area (Å²) in [5.74, 6) is -0.160. The van der Waals surface area contributed by atoms with E-state index in [2.05, 4.69) is 15.1 Å². The molecular formula is C24H33N5O5. The maximum atomic E-state index is 12.4. The Morgan fingerprint density at radius 1 is 1.21 bits per heavy atom. The van der Waals surface area contributed by atoms with E-state index >= 15 is 0 Å². The molecule has 0 bridgehead atoms. The highest BCUT2D eigenvalue weighted by atomic mass is 16.6. The maximum absolute atomic E-state index is 12.4. The van der Waals surface area contributed by atoms with Crippen molar-refractivity contribution < 1.29 is 24.2 Å². The predicted octanol–water partition coefficient (Wildman–Crippen LogP) is 3.58. The van der Waals surface area contributed by atoms with E-state index in [4.69, 9.17) is 9.47 Å². The lowest BCUT2D eigenvalue weighted by molar-refractivity contribution is -0.143. The smallest absolute Gasteiger partial charge is 0.409 e. The maximum Gasteiger partial charge on any atom is 0.409 e. The molecular weight excluding hydrogens is 438 g/mol. The van der Waals surface area contributed by atoms with E-state index in [0.29, 0.717) is 36.0 Å². The molecule has 1 unspecified atom stereocenters. The van der Waals surface area contributed by atoms with Crippen molar-refractivity contribution in [2.45, 2.75) is 64.6 Å². The van der Waals surface area contributed by atoms with E-state index in [1.165, 1.54) is 19.3 Å². The van der Waals surface area contributed by atoms with E-state index in [-0.39, 0.29) is 24.7 Å². The summed E-state index contributed by atoms with van der Waals surface area (Å²) < 4.78 is 13.2. The van der Waals surface area contributed by atoms with E-state index in [0.717, 1.165) is 30.6 Å². The summed E-state index contributed by atoms with van der Waals surface area (Å²) in [4.78, 5) is 34.5. The molecule has 0 aromatic carbocycles. The number of aryl methyl sites for hydroxylation is 2. The number of carboxylic acids is 1. The van der Waals surface area contributed by atoms with E-state index in [9.17, 15) is 14.7 Å². The number of carbonyl (C=O) groups is 2. The van der Waals surface area contributed by atoms with Crippen LogP contribution in [0.3, 0.4) is 0 Å². The molecule has 0 aliphatic heterocycles. The highest BCUT2D eigenvalue weighted by molar-refractivity contribution is 5.70. The molecule has 0 saturated heterocycles. The molecule has 2 aromatic heterocycles. The summed E-state index contributed by atoms with van der Waals surface area (Å²) in [7, 11) is 3.56. The molecule has 1 amide bonds. The number of aliphatic carboxylic acids is 1. The van der Waals surface area contributed by atoms with Gasteiger partial charge in [-0.25, -0.2) is 14.8 Å². The molecule has 2 saturated carbocycles. The fourth-order valence-electron chi connectivity index (χ4n) is 4.58. The molecule has 10 nitrogen and oxygen atoms in total. The van der Waals surface area contributed by atoms with E-state index in [1.54, 1.807) is 36.1 Å². The Labute approximate surface area is 199 Å². The van der Waals surface area contributed by atoms with E-state index in [1.807, 2.05) is 6.92 Å². The zero-order valence-electron chi connectivity index (χ0n) is 20.1. The third-order valence-electron chi connectivity index (χ3n) is 6.89. The topological polar surface area (TPSA) is 120 Å². The van der Waals surface area contributed by atoms with Crippen molar-refractivity contribution in [3.8, 4) is 17.1 Å². The predicted molar refractivity (Wildman–Crippen MR) is 123 cm³/mol. The second-order valence-electron chi connectivity index (χ2n) is 9.45. The molecule has 2 aliphatic rings. The van der Waals surface area contributed by atoms with Crippen molar-refractivity contribution in [3.63, 3.8) is 0 Å². The molecule has 2 atom stereocenters. The molecule has 1 N–H and O–H groups in total. The van der Waals surface area contributed by atoms with Crippen LogP contribution in [0.5, 0.6) is 5.88 Å². The minimum absolute atomic E-state index is 0.0807. The quantitative estimate of drug-likeness (QED) is 0.620. The summed E-state index contributed by atoms with van der Waals surface area (Å²) in [5.41, 5.74) is 2.69. The average molecular weight is 472 g/mol. The van der Waals surface area contributed by atoms with Crippen LogP contribution in [-0.4, -0.2) is 61.5 Å². The standard InChI is InChI=1S/C24H33N5O5/c1-15-22(34-18-9-5-8-17(10-18)23(30)31)25-12-20(27-15)19-11-26-29(3)21(19)14-33-24(32)28(2)13-16-6-4-7-16/h11-12,16-18H,4-10,13-14H2,1-3H3,(H,30,31)/t17?,18-/m0/s1. The lowest BCUT2D eigenvalue weighted by Gasteiger charge is -2.29. The molecule has 34 heavy (non-hydrogen) atoms. The Morgan fingerprint density at radius 3 is 2.65 bits per heavy atom. The second kappa shape index (κ2) is 10.4. The Hall–Kier alpha value is -3.17. The van der Waals surface area contributed by atoms with Gasteiger partial charge >= 0.3 is 12.1 Å². The van der Waals surface area contributed by atoms with Crippen LogP contribution in [0.2, 0.25) is 0 Å². The van der Waals surface area contributed by atoms with Gasteiger partial charge in [0.05, 0.1) is 29.7 Å². The van der Waals surface area contributed by atoms with Gasteiger partial charge < -0.3 is 19.5 Å². The normalized spacial score (nSPS) is 20.4. The van der Waals surface area contributed by atoms with Gasteiger partial charge in [-0.05, 0) is 51.4 Å². The first-order valence-electron chi connectivity index (χ1n) is 11.9. The molecule has 0 spiro atoms. The fourth-order valence-corrected chi connectivity index (χ4v) is 4.58. The van der Waals surface area contributed by atoms with Gasteiger partial charge in [0.1, 0.15) is 18.4 Å². The molecule has 184 valence electrons. The minimum atomic E-state index is -0.773. The van der Waals surface area contributed by atoms with Crippen molar-refractivity contribution >= 4 is 12.1 Å². The summed E-state index contributed by atoms with van der Waals surface area (Å²) in [6, 6.07) is 0. The number of ether oxygens (including phenoxy) is 2. The highest BCUT2D eigenvalue weighted by Gasteiger charge is 2.29. The van der Waals surface area contributed by atoms with Crippen LogP contribution in [0, 0.1) is 18.8 Å². The molecule has 2 heterocycles. The molecule has 10 heteroatoms. The largest absolute Gasteiger partial charge is 0.481 e. The zero-order valence-corrected chi connectivity index (χ0v) is 20.1. The van der Waals surface area contributed by atoms with E-state index < -0.39 is 5.97 Å². The summed E-state index contributed by atoms with van der Waals surface area (Å²) in [6.07, 6.45) is 9.13. The summed E-state index contributed by atoms with van der Waals surface area (Å²) in [6.45, 7) is 2.61. The van der Waals surface area contributed by atoms with Crippen molar-refractivity contribution in [3.05, 3.63) is 23.8 Å². The third kappa shape index (κ3) is 5.48. The van der Waals surface area contributed by atoms with Gasteiger partial charge in [-0.3, -0.25) is 9.48 Å². The number of carbonyl (C=O) groups excluding carboxylic acids is 1. The number of hydrogen-bond acceptors (Lipinski definition) is 7. The number of aromatic nitrogens is 4. The zero-order chi connectivity index (χ0) is 24.2. The monoisotopic (exact) mass is 471 g/mol. The molecule has 0 radical (unpaired) electrons. The van der Waals surface area contributed by atoms with Gasteiger partial charge in [-0.15, -0.1) is 0 Å².